The van der Waals surface area contributed by atoms with Gasteiger partial charge in [0.15, 0.2) is 0 Å². The average molecular weight is 336 g/mol. The molecule has 2 spiro atoms. The van der Waals surface area contributed by atoms with Crippen LogP contribution in [0.5, 0.6) is 0 Å². The first-order valence-electron chi connectivity index (χ1n) is 9.68. The van der Waals surface area contributed by atoms with E-state index in [1.807, 2.05) is 0 Å². The average Bonchev–Trinajstić information content (AvgIpc) is 3.01. The molecular weight excluding hydrogens is 304 g/mol. The summed E-state index contributed by atoms with van der Waals surface area (Å²) in [5.74, 6) is 0.432. The van der Waals surface area contributed by atoms with Crippen LogP contribution < -0.4 is 0 Å². The van der Waals surface area contributed by atoms with Gasteiger partial charge in [0.05, 0.1) is 18.1 Å². The van der Waals surface area contributed by atoms with Crippen molar-refractivity contribution < 1.29 is 19.4 Å². The van der Waals surface area contributed by atoms with Gasteiger partial charge in [0.2, 0.25) is 0 Å². The Morgan fingerprint density at radius 2 is 1.88 bits per heavy atom. The van der Waals surface area contributed by atoms with Gasteiger partial charge in [0.25, 0.3) is 0 Å². The Morgan fingerprint density at radius 1 is 1.12 bits per heavy atom. The predicted octanol–water partition coefficient (Wildman–Crippen LogP) is 3.45. The van der Waals surface area contributed by atoms with Crippen LogP contribution in [0.1, 0.15) is 72.6 Å². The van der Waals surface area contributed by atoms with Gasteiger partial charge in [0.1, 0.15) is 12.2 Å². The summed E-state index contributed by atoms with van der Waals surface area (Å²) < 4.78 is 12.2. The number of esters is 1. The number of fused-ring (bicyclic) bond motifs is 2. The van der Waals surface area contributed by atoms with Crippen LogP contribution in [0.3, 0.4) is 0 Å². The maximum atomic E-state index is 11.7. The SMILES string of the molecule is CC1CC(O)C2C(C)(C)CCCC2(C)C12CCC1(COC(=O)C1)O2. The van der Waals surface area contributed by atoms with Crippen molar-refractivity contribution in [3.63, 3.8) is 0 Å². The van der Waals surface area contributed by atoms with E-state index in [2.05, 4.69) is 27.7 Å². The molecule has 6 unspecified atom stereocenters. The van der Waals surface area contributed by atoms with E-state index in [0.29, 0.717) is 18.9 Å². The molecule has 4 fully saturated rings. The van der Waals surface area contributed by atoms with Crippen molar-refractivity contribution in [3.05, 3.63) is 0 Å². The second-order valence-electron chi connectivity index (χ2n) is 9.95. The van der Waals surface area contributed by atoms with Gasteiger partial charge < -0.3 is 14.6 Å². The lowest BCUT2D eigenvalue weighted by Crippen LogP contribution is -2.66. The molecule has 0 aromatic carbocycles. The zero-order valence-corrected chi connectivity index (χ0v) is 15.6. The Balaban J connectivity index is 1.75. The van der Waals surface area contributed by atoms with Gasteiger partial charge in [0, 0.05) is 5.41 Å². The molecule has 2 aliphatic heterocycles. The van der Waals surface area contributed by atoms with E-state index in [4.69, 9.17) is 9.47 Å². The molecular formula is C20H32O4. The van der Waals surface area contributed by atoms with Gasteiger partial charge in [-0.15, -0.1) is 0 Å². The second-order valence-corrected chi connectivity index (χ2v) is 9.95. The van der Waals surface area contributed by atoms with Crippen molar-refractivity contribution in [3.8, 4) is 0 Å². The third-order valence-electron chi connectivity index (χ3n) is 8.10. The van der Waals surface area contributed by atoms with E-state index in [9.17, 15) is 9.90 Å². The number of hydrogen-bond donors (Lipinski definition) is 1. The molecule has 2 saturated heterocycles. The minimum atomic E-state index is -0.414. The first-order chi connectivity index (χ1) is 11.1. The Morgan fingerprint density at radius 3 is 2.54 bits per heavy atom. The highest BCUT2D eigenvalue weighted by Gasteiger charge is 2.69. The topological polar surface area (TPSA) is 55.8 Å². The van der Waals surface area contributed by atoms with Crippen molar-refractivity contribution in [2.75, 3.05) is 6.61 Å². The third-order valence-corrected chi connectivity index (χ3v) is 8.10. The summed E-state index contributed by atoms with van der Waals surface area (Å²) in [6.45, 7) is 9.63. The smallest absolute Gasteiger partial charge is 0.308 e. The molecule has 0 bridgehead atoms. The fourth-order valence-electron chi connectivity index (χ4n) is 7.21. The minimum Gasteiger partial charge on any atom is -0.463 e. The Hall–Kier alpha value is -0.610. The largest absolute Gasteiger partial charge is 0.463 e. The fraction of sp³-hybridized carbons (Fsp3) is 0.950. The number of aliphatic hydroxyl groups is 1. The number of rotatable bonds is 0. The molecule has 2 aliphatic carbocycles. The summed E-state index contributed by atoms with van der Waals surface area (Å²) in [5, 5.41) is 11.0. The molecule has 2 heterocycles. The summed E-state index contributed by atoms with van der Waals surface area (Å²) >= 11 is 0. The molecule has 4 aliphatic rings. The lowest BCUT2D eigenvalue weighted by Gasteiger charge is -2.65. The summed E-state index contributed by atoms with van der Waals surface area (Å²) in [5.41, 5.74) is -0.563. The molecule has 0 aromatic heterocycles. The molecule has 136 valence electrons. The first-order valence-corrected chi connectivity index (χ1v) is 9.68. The van der Waals surface area contributed by atoms with Crippen LogP contribution in [0.4, 0.5) is 0 Å². The maximum Gasteiger partial charge on any atom is 0.308 e. The zero-order chi connectivity index (χ0) is 17.4. The molecule has 2 saturated carbocycles. The van der Waals surface area contributed by atoms with E-state index in [1.54, 1.807) is 0 Å². The first kappa shape index (κ1) is 16.8. The summed E-state index contributed by atoms with van der Waals surface area (Å²) in [6.07, 6.45) is 6.29. The maximum absolute atomic E-state index is 11.7. The summed E-state index contributed by atoms with van der Waals surface area (Å²) in [6, 6.07) is 0. The van der Waals surface area contributed by atoms with Crippen LogP contribution in [0.25, 0.3) is 0 Å². The highest BCUT2D eigenvalue weighted by molar-refractivity contribution is 5.73. The Labute approximate surface area is 145 Å². The highest BCUT2D eigenvalue weighted by atomic mass is 16.6. The number of hydrogen-bond acceptors (Lipinski definition) is 4. The van der Waals surface area contributed by atoms with E-state index in [0.717, 1.165) is 25.7 Å². The lowest BCUT2D eigenvalue weighted by atomic mass is 9.43. The predicted molar refractivity (Wildman–Crippen MR) is 90.4 cm³/mol. The summed E-state index contributed by atoms with van der Waals surface area (Å²) in [4.78, 5) is 11.7. The van der Waals surface area contributed by atoms with Gasteiger partial charge >= 0.3 is 5.97 Å². The van der Waals surface area contributed by atoms with E-state index < -0.39 is 5.60 Å². The number of carbonyl (C=O) groups is 1. The molecule has 0 radical (unpaired) electrons. The highest BCUT2D eigenvalue weighted by Crippen LogP contribution is 2.68. The van der Waals surface area contributed by atoms with Crippen LogP contribution in [-0.4, -0.2) is 35.0 Å². The minimum absolute atomic E-state index is 0.0407. The van der Waals surface area contributed by atoms with E-state index >= 15 is 0 Å². The molecule has 24 heavy (non-hydrogen) atoms. The fourth-order valence-corrected chi connectivity index (χ4v) is 7.21. The molecule has 4 heteroatoms. The standard InChI is InChI=1S/C20H32O4/c1-13-10-14(21)16-17(2,3)6-5-7-18(16,4)20(13)9-8-19(24-20)11-15(22)23-12-19/h13-14,16,21H,5-12H2,1-4H3. The van der Waals surface area contributed by atoms with Gasteiger partial charge in [-0.25, -0.2) is 0 Å². The van der Waals surface area contributed by atoms with E-state index in [-0.39, 0.29) is 34.4 Å². The van der Waals surface area contributed by atoms with Gasteiger partial charge in [-0.1, -0.05) is 34.1 Å². The van der Waals surface area contributed by atoms with Crippen LogP contribution >= 0.6 is 0 Å². The van der Waals surface area contributed by atoms with Gasteiger partial charge in [-0.2, -0.15) is 0 Å². The Kier molecular flexibility index (Phi) is 3.49. The number of ether oxygens (including phenoxy) is 2. The monoisotopic (exact) mass is 336 g/mol. The molecule has 0 amide bonds. The number of carbonyl (C=O) groups excluding carboxylic acids is 1. The quantitative estimate of drug-likeness (QED) is 0.688. The Bertz CT molecular complexity index is 558. The van der Waals surface area contributed by atoms with Crippen LogP contribution in [0.15, 0.2) is 0 Å². The van der Waals surface area contributed by atoms with Crippen molar-refractivity contribution in [2.24, 2.45) is 22.7 Å². The number of cyclic esters (lactones) is 1. The molecule has 1 N–H and O–H groups in total. The van der Waals surface area contributed by atoms with Gasteiger partial charge in [-0.3, -0.25) is 4.79 Å². The molecule has 4 nitrogen and oxygen atoms in total. The molecule has 6 atom stereocenters. The van der Waals surface area contributed by atoms with E-state index in [1.165, 1.54) is 12.8 Å². The van der Waals surface area contributed by atoms with Crippen molar-refractivity contribution in [1.29, 1.82) is 0 Å². The van der Waals surface area contributed by atoms with Crippen molar-refractivity contribution in [2.45, 2.75) is 89.9 Å². The molecule has 4 rings (SSSR count). The lowest BCUT2D eigenvalue weighted by molar-refractivity contribution is -0.269. The zero-order valence-electron chi connectivity index (χ0n) is 15.6. The van der Waals surface area contributed by atoms with Crippen LogP contribution in [0.2, 0.25) is 0 Å². The van der Waals surface area contributed by atoms with Crippen LogP contribution in [-0.2, 0) is 14.3 Å². The third kappa shape index (κ3) is 2.02. The second kappa shape index (κ2) is 4.97. The van der Waals surface area contributed by atoms with Gasteiger partial charge in [-0.05, 0) is 49.4 Å². The summed E-state index contributed by atoms with van der Waals surface area (Å²) in [7, 11) is 0. The molecule has 0 aromatic rings. The number of aliphatic hydroxyl groups excluding tert-OH is 1. The normalized spacial score (nSPS) is 53.4. The van der Waals surface area contributed by atoms with Crippen molar-refractivity contribution in [1.82, 2.24) is 0 Å². The van der Waals surface area contributed by atoms with Crippen LogP contribution in [0, 0.1) is 22.7 Å². The van der Waals surface area contributed by atoms with Crippen molar-refractivity contribution >= 4 is 5.97 Å².